The molecular formula is C19H21FN4. The fourth-order valence-corrected chi connectivity index (χ4v) is 3.65. The first-order valence-electron chi connectivity index (χ1n) is 8.44. The predicted octanol–water partition coefficient (Wildman–Crippen LogP) is 3.49. The van der Waals surface area contributed by atoms with Gasteiger partial charge >= 0.3 is 0 Å². The zero-order chi connectivity index (χ0) is 16.5. The third-order valence-electron chi connectivity index (χ3n) is 5.07. The average Bonchev–Trinajstić information content (AvgIpc) is 2.93. The van der Waals surface area contributed by atoms with Crippen molar-refractivity contribution in [2.45, 2.75) is 25.3 Å². The van der Waals surface area contributed by atoms with Gasteiger partial charge in [-0.05, 0) is 49.5 Å². The highest BCUT2D eigenvalue weighted by Gasteiger charge is 2.23. The lowest BCUT2D eigenvalue weighted by molar-refractivity contribution is 0.197. The zero-order valence-corrected chi connectivity index (χ0v) is 13.8. The molecule has 1 saturated heterocycles. The van der Waals surface area contributed by atoms with E-state index in [0.717, 1.165) is 54.9 Å². The van der Waals surface area contributed by atoms with Crippen molar-refractivity contribution in [3.05, 3.63) is 59.9 Å². The quantitative estimate of drug-likeness (QED) is 0.739. The van der Waals surface area contributed by atoms with Crippen LogP contribution in [0.4, 0.5) is 4.39 Å². The van der Waals surface area contributed by atoms with Gasteiger partial charge in [0.2, 0.25) is 0 Å². The summed E-state index contributed by atoms with van der Waals surface area (Å²) in [6.45, 7) is 2.77. The maximum absolute atomic E-state index is 14.0. The molecule has 1 aliphatic rings. The number of piperidine rings is 1. The van der Waals surface area contributed by atoms with Gasteiger partial charge in [0.05, 0.1) is 18.3 Å². The van der Waals surface area contributed by atoms with E-state index in [-0.39, 0.29) is 5.82 Å². The minimum absolute atomic E-state index is 0.0706. The number of aromatic nitrogens is 3. The van der Waals surface area contributed by atoms with Crippen LogP contribution < -0.4 is 0 Å². The molecule has 4 rings (SSSR count). The Balaban J connectivity index is 1.44. The lowest BCUT2D eigenvalue weighted by Gasteiger charge is -2.32. The maximum atomic E-state index is 14.0. The number of hydrogen-bond acceptors (Lipinski definition) is 3. The van der Waals surface area contributed by atoms with E-state index < -0.39 is 0 Å². The number of nitrogens with zero attached hydrogens (tertiary/aromatic N) is 4. The van der Waals surface area contributed by atoms with Crippen molar-refractivity contribution in [2.24, 2.45) is 7.05 Å². The van der Waals surface area contributed by atoms with Gasteiger partial charge in [-0.3, -0.25) is 9.88 Å². The summed E-state index contributed by atoms with van der Waals surface area (Å²) in [6.07, 6.45) is 5.59. The highest BCUT2D eigenvalue weighted by molar-refractivity contribution is 5.74. The molecule has 0 spiro atoms. The van der Waals surface area contributed by atoms with Gasteiger partial charge in [-0.25, -0.2) is 9.37 Å². The molecule has 0 atom stereocenters. The Kier molecular flexibility index (Phi) is 4.02. The summed E-state index contributed by atoms with van der Waals surface area (Å²) in [5.74, 6) is 1.31. The van der Waals surface area contributed by atoms with E-state index in [4.69, 9.17) is 4.98 Å². The van der Waals surface area contributed by atoms with Crippen LogP contribution in [-0.4, -0.2) is 32.5 Å². The second-order valence-electron chi connectivity index (χ2n) is 6.52. The van der Waals surface area contributed by atoms with Gasteiger partial charge in [-0.2, -0.15) is 0 Å². The first-order valence-corrected chi connectivity index (χ1v) is 8.44. The van der Waals surface area contributed by atoms with Gasteiger partial charge in [-0.1, -0.05) is 18.2 Å². The van der Waals surface area contributed by atoms with Crippen molar-refractivity contribution in [3.8, 4) is 0 Å². The largest absolute Gasteiger partial charge is 0.330 e. The molecule has 1 fully saturated rings. The molecule has 0 aliphatic carbocycles. The number of benzene rings is 1. The summed E-state index contributed by atoms with van der Waals surface area (Å²) in [4.78, 5) is 11.2. The second-order valence-corrected chi connectivity index (χ2v) is 6.52. The molecule has 3 aromatic rings. The molecule has 0 radical (unpaired) electrons. The molecule has 24 heavy (non-hydrogen) atoms. The summed E-state index contributed by atoms with van der Waals surface area (Å²) in [6, 6.07) is 9.17. The number of aryl methyl sites for hydroxylation is 1. The van der Waals surface area contributed by atoms with Gasteiger partial charge in [0.25, 0.3) is 0 Å². The Morgan fingerprint density at radius 2 is 1.96 bits per heavy atom. The molecule has 0 bridgehead atoms. The highest BCUT2D eigenvalue weighted by atomic mass is 19.1. The Morgan fingerprint density at radius 3 is 2.71 bits per heavy atom. The number of pyridine rings is 1. The third-order valence-corrected chi connectivity index (χ3v) is 5.07. The van der Waals surface area contributed by atoms with Crippen molar-refractivity contribution in [2.75, 3.05) is 13.1 Å². The third kappa shape index (κ3) is 2.80. The predicted molar refractivity (Wildman–Crippen MR) is 92.2 cm³/mol. The van der Waals surface area contributed by atoms with Gasteiger partial charge in [-0.15, -0.1) is 0 Å². The van der Waals surface area contributed by atoms with Crippen LogP contribution in [0.1, 0.15) is 30.1 Å². The van der Waals surface area contributed by atoms with Crippen molar-refractivity contribution < 1.29 is 4.39 Å². The van der Waals surface area contributed by atoms with E-state index in [0.29, 0.717) is 5.92 Å². The summed E-state index contributed by atoms with van der Waals surface area (Å²) >= 11 is 0. The monoisotopic (exact) mass is 324 g/mol. The van der Waals surface area contributed by atoms with E-state index in [2.05, 4.69) is 21.5 Å². The number of fused-ring (bicyclic) bond motifs is 1. The van der Waals surface area contributed by atoms with E-state index >= 15 is 0 Å². The maximum Gasteiger partial charge on any atom is 0.126 e. The van der Waals surface area contributed by atoms with Crippen molar-refractivity contribution in [1.82, 2.24) is 19.4 Å². The average molecular weight is 324 g/mol. The Morgan fingerprint density at radius 1 is 1.17 bits per heavy atom. The molecule has 124 valence electrons. The molecule has 2 aromatic heterocycles. The smallest absolute Gasteiger partial charge is 0.126 e. The summed E-state index contributed by atoms with van der Waals surface area (Å²) in [5.41, 5.74) is 2.92. The number of halogens is 1. The molecule has 0 N–H and O–H groups in total. The minimum atomic E-state index is -0.0706. The van der Waals surface area contributed by atoms with Gasteiger partial charge in [0.15, 0.2) is 0 Å². The molecule has 4 nitrogen and oxygen atoms in total. The van der Waals surface area contributed by atoms with Crippen LogP contribution in [-0.2, 0) is 13.6 Å². The number of imidazole rings is 1. The highest BCUT2D eigenvalue weighted by Crippen LogP contribution is 2.30. The zero-order valence-electron chi connectivity index (χ0n) is 13.8. The normalized spacial score (nSPS) is 16.8. The number of hydrogen-bond donors (Lipinski definition) is 0. The van der Waals surface area contributed by atoms with Crippen molar-refractivity contribution >= 4 is 11.0 Å². The number of likely N-dealkylation sites (tertiary alicyclic amines) is 1. The fraction of sp³-hybridized carbons (Fsp3) is 0.368. The molecule has 5 heteroatoms. The van der Waals surface area contributed by atoms with Crippen molar-refractivity contribution in [3.63, 3.8) is 0 Å². The lowest BCUT2D eigenvalue weighted by atomic mass is 9.89. The van der Waals surface area contributed by atoms with E-state index in [1.165, 1.54) is 0 Å². The Hall–Kier alpha value is -2.27. The molecule has 1 aliphatic heterocycles. The minimum Gasteiger partial charge on any atom is -0.330 e. The second kappa shape index (κ2) is 6.32. The summed E-state index contributed by atoms with van der Waals surface area (Å²) < 4.78 is 16.1. The first kappa shape index (κ1) is 15.3. The van der Waals surface area contributed by atoms with Gasteiger partial charge in [0, 0.05) is 13.2 Å². The molecule has 0 saturated carbocycles. The van der Waals surface area contributed by atoms with Crippen LogP contribution in [0.3, 0.4) is 0 Å². The van der Waals surface area contributed by atoms with E-state index in [9.17, 15) is 4.39 Å². The Labute approximate surface area is 141 Å². The van der Waals surface area contributed by atoms with E-state index in [1.807, 2.05) is 24.4 Å². The first-order chi connectivity index (χ1) is 11.7. The van der Waals surface area contributed by atoms with Crippen LogP contribution in [0, 0.1) is 5.82 Å². The van der Waals surface area contributed by atoms with Crippen LogP contribution in [0.5, 0.6) is 0 Å². The SMILES string of the molecule is Cn1c(CN2CCC(c3ccccc3F)CC2)nc2cnccc21. The lowest BCUT2D eigenvalue weighted by Crippen LogP contribution is -2.33. The van der Waals surface area contributed by atoms with Gasteiger partial charge < -0.3 is 4.57 Å². The van der Waals surface area contributed by atoms with E-state index in [1.54, 1.807) is 18.3 Å². The fourth-order valence-electron chi connectivity index (χ4n) is 3.65. The van der Waals surface area contributed by atoms with Crippen LogP contribution in [0.25, 0.3) is 11.0 Å². The number of rotatable bonds is 3. The molecule has 0 amide bonds. The van der Waals surface area contributed by atoms with Crippen LogP contribution in [0.2, 0.25) is 0 Å². The summed E-state index contributed by atoms with van der Waals surface area (Å²) in [5, 5.41) is 0. The standard InChI is InChI=1S/C19H21FN4/c1-23-18-6-9-21-12-17(18)22-19(23)13-24-10-7-14(8-11-24)15-4-2-3-5-16(15)20/h2-6,9,12,14H,7-8,10-11,13H2,1H3. The topological polar surface area (TPSA) is 34.0 Å². The molecule has 3 heterocycles. The summed E-state index contributed by atoms with van der Waals surface area (Å²) in [7, 11) is 2.05. The molecule has 1 aromatic carbocycles. The van der Waals surface area contributed by atoms with Crippen molar-refractivity contribution in [1.29, 1.82) is 0 Å². The molecule has 0 unspecified atom stereocenters. The van der Waals surface area contributed by atoms with Crippen LogP contribution >= 0.6 is 0 Å². The van der Waals surface area contributed by atoms with Gasteiger partial charge in [0.1, 0.15) is 17.2 Å². The molecular weight excluding hydrogens is 303 g/mol. The Bertz CT molecular complexity index is 849. The van der Waals surface area contributed by atoms with Crippen LogP contribution in [0.15, 0.2) is 42.7 Å².